The molecule has 0 bridgehead atoms. The van der Waals surface area contributed by atoms with Crippen LogP contribution in [0.25, 0.3) is 0 Å². The summed E-state index contributed by atoms with van der Waals surface area (Å²) in [6.07, 6.45) is -2.40. The van der Waals surface area contributed by atoms with Gasteiger partial charge in [-0.2, -0.15) is 0 Å². The molecule has 0 saturated carbocycles. The van der Waals surface area contributed by atoms with E-state index in [1.807, 2.05) is 27.7 Å². The Morgan fingerprint density at radius 1 is 0.649 bits per heavy atom. The van der Waals surface area contributed by atoms with Crippen molar-refractivity contribution in [3.8, 4) is 11.5 Å². The van der Waals surface area contributed by atoms with Gasteiger partial charge in [-0.05, 0) is 81.0 Å². The number of rotatable bonds is 5. The summed E-state index contributed by atoms with van der Waals surface area (Å²) in [4.78, 5) is 0. The average molecular weight is 513 g/mol. The summed E-state index contributed by atoms with van der Waals surface area (Å²) in [6.45, 7) is 29.4. The number of aryl methyl sites for hydroxylation is 2. The van der Waals surface area contributed by atoms with Gasteiger partial charge < -0.3 is 20.1 Å². The molecular weight excluding hydrogens is 460 g/mol. The van der Waals surface area contributed by atoms with Crippen molar-refractivity contribution in [2.24, 2.45) is 0 Å². The van der Waals surface area contributed by atoms with E-state index < -0.39 is 17.6 Å². The minimum absolute atomic E-state index is 0.00178. The van der Waals surface area contributed by atoms with Gasteiger partial charge in [-0.25, -0.2) is 0 Å². The first-order chi connectivity index (χ1) is 16.5. The summed E-state index contributed by atoms with van der Waals surface area (Å²) in [5, 5.41) is 33.8. The molecule has 0 amide bonds. The van der Waals surface area contributed by atoms with Gasteiger partial charge in [-0.3, -0.25) is 0 Å². The maximum Gasteiger partial charge on any atom is 0.123 e. The third kappa shape index (κ3) is 6.89. The topological polar surface area (TPSA) is 69.9 Å². The van der Waals surface area contributed by atoms with Crippen molar-refractivity contribution in [1.29, 1.82) is 0 Å². The van der Waals surface area contributed by atoms with E-state index in [2.05, 4.69) is 81.4 Å². The van der Waals surface area contributed by atoms with Gasteiger partial charge in [0.05, 0.1) is 0 Å². The molecule has 208 valence electrons. The lowest BCUT2D eigenvalue weighted by atomic mass is 9.72. The summed E-state index contributed by atoms with van der Waals surface area (Å²) in [6, 6.07) is 6.05. The molecule has 4 nitrogen and oxygen atoms in total. The summed E-state index contributed by atoms with van der Waals surface area (Å²) in [7, 11) is 0. The van der Waals surface area contributed by atoms with Crippen LogP contribution in [-0.4, -0.2) is 28.0 Å². The smallest absolute Gasteiger partial charge is 0.123 e. The summed E-state index contributed by atoms with van der Waals surface area (Å²) < 4.78 is 6.26. The highest BCUT2D eigenvalue weighted by Gasteiger charge is 2.36. The van der Waals surface area contributed by atoms with Crippen molar-refractivity contribution >= 4 is 0 Å². The van der Waals surface area contributed by atoms with Crippen LogP contribution in [0.15, 0.2) is 18.2 Å². The van der Waals surface area contributed by atoms with Gasteiger partial charge in [0.2, 0.25) is 0 Å². The predicted molar refractivity (Wildman–Crippen MR) is 155 cm³/mol. The number of aliphatic hydroxyl groups is 2. The number of aliphatic hydroxyl groups excluding tert-OH is 2. The molecule has 0 aliphatic rings. The van der Waals surface area contributed by atoms with E-state index in [0.717, 1.165) is 28.0 Å². The number of hydrogen-bond donors (Lipinski definition) is 3. The Morgan fingerprint density at radius 2 is 1.14 bits per heavy atom. The highest BCUT2D eigenvalue weighted by Crippen LogP contribution is 2.45. The predicted octanol–water partition coefficient (Wildman–Crippen LogP) is 7.67. The second kappa shape index (κ2) is 10.3. The molecule has 2 aromatic carbocycles. The molecule has 0 heterocycles. The molecule has 0 fully saturated rings. The summed E-state index contributed by atoms with van der Waals surface area (Å²) >= 11 is 0. The normalized spacial score (nSPS) is 15.0. The molecule has 0 aromatic heterocycles. The van der Waals surface area contributed by atoms with Crippen LogP contribution in [0.4, 0.5) is 0 Å². The van der Waals surface area contributed by atoms with Crippen LogP contribution in [0.5, 0.6) is 11.5 Å². The Hall–Kier alpha value is -2.04. The van der Waals surface area contributed by atoms with Crippen LogP contribution < -0.4 is 4.74 Å². The molecule has 2 rings (SSSR count). The lowest BCUT2D eigenvalue weighted by Crippen LogP contribution is -2.32. The monoisotopic (exact) mass is 512 g/mol. The lowest BCUT2D eigenvalue weighted by molar-refractivity contribution is -0.0110. The van der Waals surface area contributed by atoms with Crippen LogP contribution in [0, 0.1) is 13.8 Å². The van der Waals surface area contributed by atoms with E-state index in [4.69, 9.17) is 4.74 Å². The fraction of sp³-hybridized carbons (Fsp3) is 0.636. The molecule has 37 heavy (non-hydrogen) atoms. The molecule has 0 aliphatic heterocycles. The molecule has 4 heteroatoms. The van der Waals surface area contributed by atoms with Crippen molar-refractivity contribution in [3.05, 3.63) is 57.1 Å². The number of aromatic hydroxyl groups is 1. The fourth-order valence-electron chi connectivity index (χ4n) is 5.56. The maximum atomic E-state index is 11.6. The molecule has 2 atom stereocenters. The SMILES string of the molecule is Cc1cc(OCC(O)C(O)c2c(C(C)(C)C)c(C)cc(O)c2C(C)(C)C)c(C(C)(C)C)cc1C(C)(C)C. The number of phenols is 1. The second-order valence-corrected chi connectivity index (χ2v) is 14.9. The van der Waals surface area contributed by atoms with Gasteiger partial charge in [0, 0.05) is 5.56 Å². The molecule has 3 N–H and O–H groups in total. The highest BCUT2D eigenvalue weighted by atomic mass is 16.5. The minimum Gasteiger partial charge on any atom is -0.508 e. The van der Waals surface area contributed by atoms with Crippen LogP contribution in [0.2, 0.25) is 0 Å². The average Bonchev–Trinajstić information content (AvgIpc) is 2.66. The Labute approximate surface area is 226 Å². The van der Waals surface area contributed by atoms with Crippen molar-refractivity contribution in [2.45, 2.75) is 131 Å². The van der Waals surface area contributed by atoms with E-state index in [1.54, 1.807) is 6.07 Å². The van der Waals surface area contributed by atoms with Gasteiger partial charge in [-0.1, -0.05) is 89.2 Å². The number of benzene rings is 2. The molecular formula is C33H52O4. The molecule has 2 unspecified atom stereocenters. The number of phenolic OH excluding ortho intramolecular Hbond substituents is 1. The number of ether oxygens (including phenoxy) is 1. The Kier molecular flexibility index (Phi) is 8.65. The van der Waals surface area contributed by atoms with Crippen LogP contribution in [-0.2, 0) is 21.7 Å². The van der Waals surface area contributed by atoms with E-state index in [0.29, 0.717) is 11.1 Å². The third-order valence-corrected chi connectivity index (χ3v) is 7.05. The van der Waals surface area contributed by atoms with E-state index >= 15 is 0 Å². The lowest BCUT2D eigenvalue weighted by Gasteiger charge is -2.35. The maximum absolute atomic E-state index is 11.6. The zero-order valence-corrected chi connectivity index (χ0v) is 25.8. The fourth-order valence-corrected chi connectivity index (χ4v) is 5.56. The standard InChI is InChI=1S/C33H52O4/c1-19-16-25(22(31(6,7)8)17-21(19)30(3,4)5)37-18-24(35)29(36)26-27(32(9,10)11)20(2)15-23(34)28(26)33(12,13)14/h15-17,24,29,34-36H,18H2,1-14H3. The van der Waals surface area contributed by atoms with E-state index in [1.165, 1.54) is 5.56 Å². The minimum atomic E-state index is -1.22. The van der Waals surface area contributed by atoms with Gasteiger partial charge in [-0.15, -0.1) is 0 Å². The zero-order valence-electron chi connectivity index (χ0n) is 25.8. The molecule has 0 aliphatic carbocycles. The van der Waals surface area contributed by atoms with Crippen molar-refractivity contribution in [2.75, 3.05) is 6.61 Å². The first-order valence-electron chi connectivity index (χ1n) is 13.5. The molecule has 0 saturated heterocycles. The van der Waals surface area contributed by atoms with Crippen LogP contribution >= 0.6 is 0 Å². The number of hydrogen-bond acceptors (Lipinski definition) is 4. The van der Waals surface area contributed by atoms with Crippen molar-refractivity contribution in [3.63, 3.8) is 0 Å². The van der Waals surface area contributed by atoms with Crippen LogP contribution in [0.1, 0.15) is 128 Å². The first-order valence-corrected chi connectivity index (χ1v) is 13.5. The molecule has 0 spiro atoms. The van der Waals surface area contributed by atoms with Gasteiger partial charge >= 0.3 is 0 Å². The quantitative estimate of drug-likeness (QED) is 0.384. The summed E-state index contributed by atoms with van der Waals surface area (Å²) in [5.41, 5.74) is 5.69. The van der Waals surface area contributed by atoms with Gasteiger partial charge in [0.25, 0.3) is 0 Å². The third-order valence-electron chi connectivity index (χ3n) is 7.05. The Balaban J connectivity index is 2.57. The van der Waals surface area contributed by atoms with Crippen molar-refractivity contribution < 1.29 is 20.1 Å². The second-order valence-electron chi connectivity index (χ2n) is 14.9. The van der Waals surface area contributed by atoms with E-state index in [-0.39, 0.29) is 28.6 Å². The first kappa shape index (κ1) is 31.2. The van der Waals surface area contributed by atoms with Crippen molar-refractivity contribution in [1.82, 2.24) is 0 Å². The Morgan fingerprint density at radius 3 is 1.57 bits per heavy atom. The summed E-state index contributed by atoms with van der Waals surface area (Å²) in [5.74, 6) is 0.868. The largest absolute Gasteiger partial charge is 0.508 e. The van der Waals surface area contributed by atoms with Gasteiger partial charge in [0.1, 0.15) is 30.3 Å². The molecule has 0 radical (unpaired) electrons. The van der Waals surface area contributed by atoms with E-state index in [9.17, 15) is 15.3 Å². The zero-order chi connectivity index (χ0) is 28.9. The highest BCUT2D eigenvalue weighted by molar-refractivity contribution is 5.55. The van der Waals surface area contributed by atoms with Crippen LogP contribution in [0.3, 0.4) is 0 Å². The van der Waals surface area contributed by atoms with Gasteiger partial charge in [0.15, 0.2) is 0 Å². The Bertz CT molecular complexity index is 1080. The molecule has 2 aromatic rings.